The van der Waals surface area contributed by atoms with Crippen LogP contribution >= 0.6 is 11.6 Å². The molecule has 0 aromatic carbocycles. The van der Waals surface area contributed by atoms with Crippen molar-refractivity contribution >= 4 is 17.4 Å². The molecule has 4 heteroatoms. The van der Waals surface area contributed by atoms with Crippen LogP contribution in [0.2, 0.25) is 0 Å². The van der Waals surface area contributed by atoms with Gasteiger partial charge < -0.3 is 9.47 Å². The lowest BCUT2D eigenvalue weighted by Gasteiger charge is -2.38. The van der Waals surface area contributed by atoms with Crippen molar-refractivity contribution < 1.29 is 14.3 Å². The predicted octanol–water partition coefficient (Wildman–Crippen LogP) is 2.75. The van der Waals surface area contributed by atoms with E-state index < -0.39 is 5.79 Å². The number of Topliss-reactive ketones (excluding diaryl/α,β-unsaturated/α-hetero) is 1. The second-order valence-corrected chi connectivity index (χ2v) is 5.47. The van der Waals surface area contributed by atoms with Gasteiger partial charge in [0, 0.05) is 18.2 Å². The smallest absolute Gasteiger partial charge is 0.178 e. The van der Waals surface area contributed by atoms with Crippen LogP contribution in [0.4, 0.5) is 0 Å². The third kappa shape index (κ3) is 2.67. The van der Waals surface area contributed by atoms with E-state index in [0.29, 0.717) is 24.9 Å². The maximum Gasteiger partial charge on any atom is 0.178 e. The topological polar surface area (TPSA) is 35.5 Å². The summed E-state index contributed by atoms with van der Waals surface area (Å²) in [5, 5.41) is 0. The molecule has 1 aliphatic carbocycles. The van der Waals surface area contributed by atoms with Crippen molar-refractivity contribution in [2.24, 2.45) is 11.8 Å². The Balaban J connectivity index is 2.11. The molecule has 2 rings (SSSR count). The predicted molar refractivity (Wildman–Crippen MR) is 66.1 cm³/mol. The van der Waals surface area contributed by atoms with Crippen molar-refractivity contribution in [2.75, 3.05) is 19.1 Å². The number of rotatable bonds is 4. The van der Waals surface area contributed by atoms with Crippen LogP contribution in [0, 0.1) is 11.8 Å². The van der Waals surface area contributed by atoms with E-state index in [1.165, 1.54) is 0 Å². The number of carbonyl (C=O) groups is 1. The third-order valence-corrected chi connectivity index (χ3v) is 4.19. The van der Waals surface area contributed by atoms with Crippen LogP contribution in [0.15, 0.2) is 0 Å². The largest absolute Gasteiger partial charge is 0.347 e. The van der Waals surface area contributed by atoms with Gasteiger partial charge in [0.1, 0.15) is 5.78 Å². The van der Waals surface area contributed by atoms with Crippen LogP contribution in [-0.2, 0) is 14.3 Å². The number of hydrogen-bond donors (Lipinski definition) is 0. The zero-order chi connectivity index (χ0) is 12.3. The molecule has 0 radical (unpaired) electrons. The van der Waals surface area contributed by atoms with Crippen LogP contribution in [0.25, 0.3) is 0 Å². The first-order chi connectivity index (χ1) is 8.19. The molecule has 2 aliphatic rings. The Kier molecular flexibility index (Phi) is 4.45. The highest BCUT2D eigenvalue weighted by Gasteiger charge is 2.49. The second kappa shape index (κ2) is 5.68. The van der Waals surface area contributed by atoms with Gasteiger partial charge in [-0.15, -0.1) is 11.6 Å². The van der Waals surface area contributed by atoms with Gasteiger partial charge in [-0.3, -0.25) is 4.79 Å². The van der Waals surface area contributed by atoms with Gasteiger partial charge >= 0.3 is 0 Å². The quantitative estimate of drug-likeness (QED) is 0.729. The van der Waals surface area contributed by atoms with Gasteiger partial charge in [0.15, 0.2) is 5.79 Å². The Hall–Kier alpha value is -0.120. The molecule has 2 fully saturated rings. The summed E-state index contributed by atoms with van der Waals surface area (Å²) in [5.41, 5.74) is 0. The molecular weight excluding hydrogens is 240 g/mol. The lowest BCUT2D eigenvalue weighted by Crippen LogP contribution is -2.47. The van der Waals surface area contributed by atoms with Crippen LogP contribution in [0.5, 0.6) is 0 Å². The number of carbonyl (C=O) groups excluding carboxylic acids is 1. The monoisotopic (exact) mass is 260 g/mol. The standard InChI is InChI=1S/C13H21ClO3/c1-10-4-2-5-11(12(10)15)13(6-3-7-14)16-8-9-17-13/h10-11H,2-9H2,1H3/t10-,11-/m1/s1. The lowest BCUT2D eigenvalue weighted by atomic mass is 9.75. The molecule has 1 heterocycles. The first kappa shape index (κ1) is 13.3. The number of ketones is 1. The van der Waals surface area contributed by atoms with Crippen LogP contribution in [-0.4, -0.2) is 30.7 Å². The summed E-state index contributed by atoms with van der Waals surface area (Å²) in [6, 6.07) is 0. The van der Waals surface area contributed by atoms with Crippen molar-refractivity contribution in [2.45, 2.75) is 44.8 Å². The summed E-state index contributed by atoms with van der Waals surface area (Å²) in [6.45, 7) is 3.21. The second-order valence-electron chi connectivity index (χ2n) is 5.09. The van der Waals surface area contributed by atoms with Crippen molar-refractivity contribution in [1.82, 2.24) is 0 Å². The van der Waals surface area contributed by atoms with E-state index >= 15 is 0 Å². The van der Waals surface area contributed by atoms with Crippen LogP contribution in [0.3, 0.4) is 0 Å². The number of ether oxygens (including phenoxy) is 2. The Labute approximate surface area is 108 Å². The molecule has 17 heavy (non-hydrogen) atoms. The molecular formula is C13H21ClO3. The summed E-state index contributed by atoms with van der Waals surface area (Å²) in [4.78, 5) is 12.3. The van der Waals surface area contributed by atoms with Crippen molar-refractivity contribution in [3.05, 3.63) is 0 Å². The minimum atomic E-state index is -0.666. The first-order valence-corrected chi connectivity index (χ1v) is 7.10. The fraction of sp³-hybridized carbons (Fsp3) is 0.923. The molecule has 0 aromatic heterocycles. The van der Waals surface area contributed by atoms with E-state index in [-0.39, 0.29) is 11.8 Å². The Morgan fingerprint density at radius 3 is 2.71 bits per heavy atom. The molecule has 0 amide bonds. The molecule has 1 saturated heterocycles. The van der Waals surface area contributed by atoms with Crippen molar-refractivity contribution in [3.63, 3.8) is 0 Å². The van der Waals surface area contributed by atoms with E-state index in [0.717, 1.165) is 32.1 Å². The number of alkyl halides is 1. The van der Waals surface area contributed by atoms with Crippen molar-refractivity contribution in [3.8, 4) is 0 Å². The molecule has 1 aliphatic heterocycles. The summed E-state index contributed by atoms with van der Waals surface area (Å²) < 4.78 is 11.6. The fourth-order valence-corrected chi connectivity index (χ4v) is 3.13. The van der Waals surface area contributed by atoms with Crippen molar-refractivity contribution in [1.29, 1.82) is 0 Å². The maximum atomic E-state index is 12.3. The Morgan fingerprint density at radius 1 is 1.35 bits per heavy atom. The molecule has 0 aromatic rings. The van der Waals surface area contributed by atoms with Gasteiger partial charge in [-0.05, 0) is 19.3 Å². The minimum Gasteiger partial charge on any atom is -0.347 e. The number of halogens is 1. The van der Waals surface area contributed by atoms with Crippen LogP contribution < -0.4 is 0 Å². The average molecular weight is 261 g/mol. The molecule has 2 atom stereocenters. The normalized spacial score (nSPS) is 32.9. The summed E-state index contributed by atoms with van der Waals surface area (Å²) in [7, 11) is 0. The highest BCUT2D eigenvalue weighted by molar-refractivity contribution is 6.17. The number of hydrogen-bond acceptors (Lipinski definition) is 3. The van der Waals surface area contributed by atoms with E-state index in [1.54, 1.807) is 0 Å². The molecule has 0 bridgehead atoms. The minimum absolute atomic E-state index is 0.0861. The third-order valence-electron chi connectivity index (χ3n) is 3.92. The molecule has 1 saturated carbocycles. The molecule has 0 unspecified atom stereocenters. The fourth-order valence-electron chi connectivity index (χ4n) is 3.00. The highest BCUT2D eigenvalue weighted by atomic mass is 35.5. The molecule has 0 spiro atoms. The zero-order valence-corrected chi connectivity index (χ0v) is 11.2. The van der Waals surface area contributed by atoms with Gasteiger partial charge in [0.25, 0.3) is 0 Å². The van der Waals surface area contributed by atoms with Gasteiger partial charge in [-0.1, -0.05) is 13.3 Å². The molecule has 0 N–H and O–H groups in total. The Bertz CT molecular complexity index is 274. The van der Waals surface area contributed by atoms with E-state index in [1.807, 2.05) is 6.92 Å². The first-order valence-electron chi connectivity index (χ1n) is 6.57. The zero-order valence-electron chi connectivity index (χ0n) is 10.4. The highest BCUT2D eigenvalue weighted by Crippen LogP contribution is 2.41. The van der Waals surface area contributed by atoms with Gasteiger partial charge in [0.2, 0.25) is 0 Å². The van der Waals surface area contributed by atoms with Gasteiger partial charge in [-0.2, -0.15) is 0 Å². The van der Waals surface area contributed by atoms with Gasteiger partial charge in [0.05, 0.1) is 19.1 Å². The summed E-state index contributed by atoms with van der Waals surface area (Å²) in [6.07, 6.45) is 4.55. The molecule has 3 nitrogen and oxygen atoms in total. The van der Waals surface area contributed by atoms with E-state index in [4.69, 9.17) is 21.1 Å². The van der Waals surface area contributed by atoms with Gasteiger partial charge in [-0.25, -0.2) is 0 Å². The average Bonchev–Trinajstić information content (AvgIpc) is 2.80. The van der Waals surface area contributed by atoms with Crippen LogP contribution in [0.1, 0.15) is 39.0 Å². The Morgan fingerprint density at radius 2 is 2.06 bits per heavy atom. The SMILES string of the molecule is C[C@@H]1CCC[C@@H](C2(CCCCl)OCCO2)C1=O. The summed E-state index contributed by atoms with van der Waals surface area (Å²) in [5.74, 6) is 0.296. The molecule has 98 valence electrons. The summed E-state index contributed by atoms with van der Waals surface area (Å²) >= 11 is 5.75. The van der Waals surface area contributed by atoms with E-state index in [9.17, 15) is 4.79 Å². The lowest BCUT2D eigenvalue weighted by molar-refractivity contribution is -0.206. The van der Waals surface area contributed by atoms with E-state index in [2.05, 4.69) is 0 Å². The maximum absolute atomic E-state index is 12.3.